The fourth-order valence-corrected chi connectivity index (χ4v) is 1.42. The Bertz CT molecular complexity index is 361. The van der Waals surface area contributed by atoms with Crippen LogP contribution in [0.2, 0.25) is 5.02 Å². The maximum absolute atomic E-state index is 9.71. The van der Waals surface area contributed by atoms with E-state index >= 15 is 0 Å². The molecule has 0 bridgehead atoms. The second-order valence-electron chi connectivity index (χ2n) is 2.74. The summed E-state index contributed by atoms with van der Waals surface area (Å²) >= 11 is 11.4. The molecule has 0 spiro atoms. The Balaban J connectivity index is 3.29. The van der Waals surface area contributed by atoms with Gasteiger partial charge in [0.1, 0.15) is 0 Å². The van der Waals surface area contributed by atoms with Crippen molar-refractivity contribution in [2.24, 2.45) is 0 Å². The van der Waals surface area contributed by atoms with Crippen LogP contribution < -0.4 is 4.74 Å². The highest BCUT2D eigenvalue weighted by atomic mass is 35.5. The van der Waals surface area contributed by atoms with Crippen LogP contribution >= 0.6 is 23.2 Å². The van der Waals surface area contributed by atoms with Gasteiger partial charge < -0.3 is 9.84 Å². The summed E-state index contributed by atoms with van der Waals surface area (Å²) in [6.07, 6.45) is 0. The molecule has 0 radical (unpaired) electrons. The fraction of sp³-hybridized carbons (Fsp3) is 0.200. The first kappa shape index (κ1) is 11.2. The maximum Gasteiger partial charge on any atom is 0.165 e. The van der Waals surface area contributed by atoms with Gasteiger partial charge >= 0.3 is 0 Å². The largest absolute Gasteiger partial charge is 0.504 e. The molecule has 0 aliphatic rings. The normalized spacial score (nSPS) is 9.93. The summed E-state index contributed by atoms with van der Waals surface area (Å²) < 4.78 is 4.94. The lowest BCUT2D eigenvalue weighted by Gasteiger charge is -2.10. The summed E-state index contributed by atoms with van der Waals surface area (Å²) in [6, 6.07) is 3.13. The average molecular weight is 233 g/mol. The molecular formula is C10H10Cl2O2. The van der Waals surface area contributed by atoms with E-state index in [0.29, 0.717) is 21.9 Å². The molecular weight excluding hydrogens is 223 g/mol. The molecule has 0 amide bonds. The number of phenols is 1. The van der Waals surface area contributed by atoms with Gasteiger partial charge in [-0.2, -0.15) is 0 Å². The van der Waals surface area contributed by atoms with Crippen LogP contribution in [0.4, 0.5) is 0 Å². The van der Waals surface area contributed by atoms with E-state index in [2.05, 4.69) is 6.58 Å². The predicted molar refractivity (Wildman–Crippen MR) is 59.4 cm³/mol. The van der Waals surface area contributed by atoms with Crippen LogP contribution in [0.15, 0.2) is 18.7 Å². The zero-order valence-corrected chi connectivity index (χ0v) is 9.19. The number of halogens is 2. The lowest BCUT2D eigenvalue weighted by atomic mass is 10.1. The molecule has 1 aromatic rings. The highest BCUT2D eigenvalue weighted by molar-refractivity contribution is 6.31. The molecule has 1 N–H and O–H groups in total. The van der Waals surface area contributed by atoms with Gasteiger partial charge in [0.05, 0.1) is 7.11 Å². The number of alkyl halides is 1. The van der Waals surface area contributed by atoms with E-state index in [1.165, 1.54) is 13.2 Å². The van der Waals surface area contributed by atoms with Gasteiger partial charge in [-0.1, -0.05) is 18.2 Å². The molecule has 76 valence electrons. The van der Waals surface area contributed by atoms with Gasteiger partial charge in [-0.3, -0.25) is 0 Å². The number of aromatic hydroxyl groups is 1. The third kappa shape index (κ3) is 2.14. The van der Waals surface area contributed by atoms with Crippen molar-refractivity contribution in [3.63, 3.8) is 0 Å². The molecule has 0 saturated carbocycles. The van der Waals surface area contributed by atoms with Gasteiger partial charge in [0, 0.05) is 22.5 Å². The van der Waals surface area contributed by atoms with Crippen LogP contribution in [-0.2, 0) is 0 Å². The van der Waals surface area contributed by atoms with Gasteiger partial charge in [-0.15, -0.1) is 11.6 Å². The number of hydrogen-bond acceptors (Lipinski definition) is 2. The van der Waals surface area contributed by atoms with Crippen LogP contribution in [0, 0.1) is 0 Å². The molecule has 1 rings (SSSR count). The van der Waals surface area contributed by atoms with E-state index in [-0.39, 0.29) is 11.6 Å². The van der Waals surface area contributed by atoms with Gasteiger partial charge in [0.2, 0.25) is 0 Å². The van der Waals surface area contributed by atoms with E-state index in [4.69, 9.17) is 27.9 Å². The number of methoxy groups -OCH3 is 1. The third-order valence-electron chi connectivity index (χ3n) is 1.80. The van der Waals surface area contributed by atoms with Crippen molar-refractivity contribution in [3.8, 4) is 11.5 Å². The molecule has 0 aliphatic carbocycles. The van der Waals surface area contributed by atoms with Crippen LogP contribution in [0.3, 0.4) is 0 Å². The van der Waals surface area contributed by atoms with Crippen LogP contribution in [0.5, 0.6) is 11.5 Å². The SMILES string of the molecule is C=C(CCl)c1cc(Cl)cc(OC)c1O. The topological polar surface area (TPSA) is 29.5 Å². The number of hydrogen-bond donors (Lipinski definition) is 1. The van der Waals surface area contributed by atoms with Gasteiger partial charge in [0.25, 0.3) is 0 Å². The molecule has 0 aliphatic heterocycles. The monoisotopic (exact) mass is 232 g/mol. The summed E-state index contributed by atoms with van der Waals surface area (Å²) in [4.78, 5) is 0. The van der Waals surface area contributed by atoms with Gasteiger partial charge in [-0.05, 0) is 11.6 Å². The number of allylic oxidation sites excluding steroid dienone is 1. The summed E-state index contributed by atoms with van der Waals surface area (Å²) in [5, 5.41) is 10.2. The fourth-order valence-electron chi connectivity index (χ4n) is 1.07. The standard InChI is InChI=1S/C10H10Cl2O2/c1-6(5-11)8-3-7(12)4-9(14-2)10(8)13/h3-4,13H,1,5H2,2H3. The Hall–Kier alpha value is -0.860. The first-order valence-corrected chi connectivity index (χ1v) is 4.82. The zero-order chi connectivity index (χ0) is 10.7. The second-order valence-corrected chi connectivity index (χ2v) is 3.45. The first-order chi connectivity index (χ1) is 6.60. The highest BCUT2D eigenvalue weighted by Gasteiger charge is 2.11. The lowest BCUT2D eigenvalue weighted by Crippen LogP contribution is -1.90. The molecule has 1 aromatic carbocycles. The average Bonchev–Trinajstić information content (AvgIpc) is 2.19. The molecule has 0 heterocycles. The van der Waals surface area contributed by atoms with Gasteiger partial charge in [-0.25, -0.2) is 0 Å². The van der Waals surface area contributed by atoms with Crippen molar-refractivity contribution in [1.82, 2.24) is 0 Å². The Kier molecular flexibility index (Phi) is 3.67. The summed E-state index contributed by atoms with van der Waals surface area (Å²) in [5.41, 5.74) is 1.12. The van der Waals surface area contributed by atoms with Crippen molar-refractivity contribution in [2.45, 2.75) is 0 Å². The van der Waals surface area contributed by atoms with E-state index in [9.17, 15) is 5.11 Å². The second kappa shape index (κ2) is 4.58. The Morgan fingerprint density at radius 2 is 2.21 bits per heavy atom. The van der Waals surface area contributed by atoms with Crippen molar-refractivity contribution in [3.05, 3.63) is 29.3 Å². The van der Waals surface area contributed by atoms with Crippen LogP contribution in [-0.4, -0.2) is 18.1 Å². The Morgan fingerprint density at radius 3 is 2.71 bits per heavy atom. The third-order valence-corrected chi connectivity index (χ3v) is 2.34. The van der Waals surface area contributed by atoms with Crippen molar-refractivity contribution in [1.29, 1.82) is 0 Å². The first-order valence-electron chi connectivity index (χ1n) is 3.90. The number of rotatable bonds is 3. The molecule has 4 heteroatoms. The molecule has 0 atom stereocenters. The van der Waals surface area contributed by atoms with E-state index < -0.39 is 0 Å². The number of ether oxygens (including phenoxy) is 1. The molecule has 0 unspecified atom stereocenters. The van der Waals surface area contributed by atoms with Gasteiger partial charge in [0.15, 0.2) is 11.5 Å². The number of phenolic OH excluding ortho intramolecular Hbond substituents is 1. The van der Waals surface area contributed by atoms with E-state index in [1.54, 1.807) is 6.07 Å². The summed E-state index contributed by atoms with van der Waals surface area (Å²) in [6.45, 7) is 3.71. The highest BCUT2D eigenvalue weighted by Crippen LogP contribution is 2.36. The zero-order valence-electron chi connectivity index (χ0n) is 7.68. The van der Waals surface area contributed by atoms with Crippen molar-refractivity contribution < 1.29 is 9.84 Å². The molecule has 0 fully saturated rings. The molecule has 0 saturated heterocycles. The molecule has 14 heavy (non-hydrogen) atoms. The van der Waals surface area contributed by atoms with Crippen molar-refractivity contribution >= 4 is 28.8 Å². The quantitative estimate of drug-likeness (QED) is 0.811. The minimum atomic E-state index is 0.0163. The minimum Gasteiger partial charge on any atom is -0.504 e. The van der Waals surface area contributed by atoms with E-state index in [0.717, 1.165) is 0 Å². The predicted octanol–water partition coefficient (Wildman–Crippen LogP) is 3.31. The van der Waals surface area contributed by atoms with Crippen LogP contribution in [0.25, 0.3) is 5.57 Å². The summed E-state index contributed by atoms with van der Waals surface area (Å²) in [7, 11) is 1.46. The van der Waals surface area contributed by atoms with Crippen LogP contribution in [0.1, 0.15) is 5.56 Å². The Morgan fingerprint density at radius 1 is 1.57 bits per heavy atom. The van der Waals surface area contributed by atoms with E-state index in [1.807, 2.05) is 0 Å². The number of benzene rings is 1. The Labute approximate surface area is 92.7 Å². The smallest absolute Gasteiger partial charge is 0.165 e. The summed E-state index contributed by atoms with van der Waals surface area (Å²) in [5.74, 6) is 0.568. The lowest BCUT2D eigenvalue weighted by molar-refractivity contribution is 0.373. The molecule has 2 nitrogen and oxygen atoms in total. The molecule has 0 aromatic heterocycles. The van der Waals surface area contributed by atoms with Crippen molar-refractivity contribution in [2.75, 3.05) is 13.0 Å². The minimum absolute atomic E-state index is 0.0163. The maximum atomic E-state index is 9.71.